The van der Waals surface area contributed by atoms with E-state index in [1.165, 1.54) is 6.33 Å². The van der Waals surface area contributed by atoms with Crippen LogP contribution in [0.25, 0.3) is 0 Å². The number of hydrogen-bond donors (Lipinski definition) is 0. The van der Waals surface area contributed by atoms with Crippen LogP contribution in [0, 0.1) is 0 Å². The van der Waals surface area contributed by atoms with Crippen LogP contribution in [0.15, 0.2) is 72.6 Å². The van der Waals surface area contributed by atoms with Crippen LogP contribution in [-0.2, 0) is 19.7 Å². The van der Waals surface area contributed by atoms with E-state index in [1.807, 2.05) is 71.8 Å². The highest BCUT2D eigenvalue weighted by Crippen LogP contribution is 2.30. The van der Waals surface area contributed by atoms with Gasteiger partial charge in [-0.05, 0) is 53.8 Å². The Balaban J connectivity index is 1.41. The van der Waals surface area contributed by atoms with Crippen molar-refractivity contribution in [1.29, 1.82) is 0 Å². The van der Waals surface area contributed by atoms with E-state index in [2.05, 4.69) is 10.1 Å². The summed E-state index contributed by atoms with van der Waals surface area (Å²) in [6.45, 7) is 4.18. The molecule has 7 nitrogen and oxygen atoms in total. The first kappa shape index (κ1) is 22.5. The Labute approximate surface area is 197 Å². The Hall–Kier alpha value is -3.65. The number of nitrogens with zero attached hydrogens (tertiary/aromatic N) is 4. The molecular formula is C25H26N4O3S. The first-order valence-electron chi connectivity index (χ1n) is 10.7. The summed E-state index contributed by atoms with van der Waals surface area (Å²) in [5, 5.41) is 6.14. The first-order valence-corrected chi connectivity index (χ1v) is 11.6. The molecule has 8 heteroatoms. The maximum atomic E-state index is 13.1. The maximum absolute atomic E-state index is 13.1. The molecular weight excluding hydrogens is 436 g/mol. The molecule has 2 aromatic heterocycles. The summed E-state index contributed by atoms with van der Waals surface area (Å²) in [7, 11) is 1.63. The molecule has 4 rings (SSSR count). The van der Waals surface area contributed by atoms with Gasteiger partial charge in [-0.15, -0.1) is 11.3 Å². The normalized spacial score (nSPS) is 10.7. The van der Waals surface area contributed by atoms with E-state index in [4.69, 9.17) is 9.47 Å². The van der Waals surface area contributed by atoms with Gasteiger partial charge in [0.05, 0.1) is 13.7 Å². The molecule has 0 fully saturated rings. The van der Waals surface area contributed by atoms with Gasteiger partial charge in [-0.3, -0.25) is 4.79 Å². The number of rotatable bonds is 10. The third-order valence-corrected chi connectivity index (χ3v) is 6.08. The largest absolute Gasteiger partial charge is 0.493 e. The van der Waals surface area contributed by atoms with Gasteiger partial charge < -0.3 is 14.4 Å². The molecule has 1 amide bonds. The van der Waals surface area contributed by atoms with Crippen LogP contribution in [-0.4, -0.2) is 39.2 Å². The Kier molecular flexibility index (Phi) is 7.36. The summed E-state index contributed by atoms with van der Waals surface area (Å²) in [5.74, 6) is 1.33. The molecule has 2 heterocycles. The lowest BCUT2D eigenvalue weighted by Gasteiger charge is -2.22. The van der Waals surface area contributed by atoms with Crippen LogP contribution in [0.4, 0.5) is 0 Å². The summed E-state index contributed by atoms with van der Waals surface area (Å²) < 4.78 is 13.2. The number of benzene rings is 2. The average Bonchev–Trinajstić information content (AvgIpc) is 3.56. The molecule has 0 radical (unpaired) electrons. The van der Waals surface area contributed by atoms with E-state index < -0.39 is 0 Å². The van der Waals surface area contributed by atoms with Crippen LogP contribution < -0.4 is 9.47 Å². The number of carbonyl (C=O) groups excluding carboxylic acids is 1. The maximum Gasteiger partial charge on any atom is 0.254 e. The molecule has 0 aliphatic carbocycles. The SMILES string of the molecule is CCN(Cc1ccc(OCc2cccs2)c(OC)c1)C(=O)c1ccc(Cn2cncn2)cc1. The molecule has 170 valence electrons. The Morgan fingerprint density at radius 2 is 1.91 bits per heavy atom. The molecule has 4 aromatic rings. The van der Waals surface area contributed by atoms with Crippen molar-refractivity contribution in [2.45, 2.75) is 26.6 Å². The van der Waals surface area contributed by atoms with Gasteiger partial charge in [-0.1, -0.05) is 24.3 Å². The van der Waals surface area contributed by atoms with Gasteiger partial charge in [0, 0.05) is 23.5 Å². The summed E-state index contributed by atoms with van der Waals surface area (Å²) >= 11 is 1.66. The molecule has 33 heavy (non-hydrogen) atoms. The topological polar surface area (TPSA) is 69.5 Å². The summed E-state index contributed by atoms with van der Waals surface area (Å²) in [4.78, 5) is 20.0. The summed E-state index contributed by atoms with van der Waals surface area (Å²) in [5.41, 5.74) is 2.69. The zero-order valence-corrected chi connectivity index (χ0v) is 19.5. The van der Waals surface area contributed by atoms with Gasteiger partial charge in [0.25, 0.3) is 5.91 Å². The minimum absolute atomic E-state index is 0.0122. The molecule has 0 N–H and O–H groups in total. The lowest BCUT2D eigenvalue weighted by atomic mass is 10.1. The molecule has 0 aliphatic rings. The predicted molar refractivity (Wildman–Crippen MR) is 128 cm³/mol. The second kappa shape index (κ2) is 10.8. The lowest BCUT2D eigenvalue weighted by Crippen LogP contribution is -2.30. The van der Waals surface area contributed by atoms with Crippen molar-refractivity contribution in [3.8, 4) is 11.5 Å². The number of thiophene rings is 1. The highest BCUT2D eigenvalue weighted by atomic mass is 32.1. The second-order valence-corrected chi connectivity index (χ2v) is 8.49. The molecule has 0 saturated carbocycles. The monoisotopic (exact) mass is 462 g/mol. The molecule has 2 aromatic carbocycles. The van der Waals surface area contributed by atoms with Gasteiger partial charge in [-0.25, -0.2) is 9.67 Å². The minimum atomic E-state index is -0.0122. The van der Waals surface area contributed by atoms with E-state index in [9.17, 15) is 4.79 Å². The number of methoxy groups -OCH3 is 1. The van der Waals surface area contributed by atoms with Gasteiger partial charge in [-0.2, -0.15) is 5.10 Å². The molecule has 0 spiro atoms. The van der Waals surface area contributed by atoms with Crippen LogP contribution in [0.2, 0.25) is 0 Å². The smallest absolute Gasteiger partial charge is 0.254 e. The zero-order chi connectivity index (χ0) is 23.0. The third kappa shape index (κ3) is 5.78. The lowest BCUT2D eigenvalue weighted by molar-refractivity contribution is 0.0752. The number of hydrogen-bond acceptors (Lipinski definition) is 6. The zero-order valence-electron chi connectivity index (χ0n) is 18.7. The summed E-state index contributed by atoms with van der Waals surface area (Å²) in [6, 6.07) is 17.5. The minimum Gasteiger partial charge on any atom is -0.493 e. The van der Waals surface area contributed by atoms with Crippen molar-refractivity contribution < 1.29 is 14.3 Å². The molecule has 0 aliphatic heterocycles. The third-order valence-electron chi connectivity index (χ3n) is 5.23. The van der Waals surface area contributed by atoms with Crippen LogP contribution in [0.5, 0.6) is 11.5 Å². The van der Waals surface area contributed by atoms with Crippen molar-refractivity contribution >= 4 is 17.2 Å². The van der Waals surface area contributed by atoms with Crippen molar-refractivity contribution in [2.24, 2.45) is 0 Å². The summed E-state index contributed by atoms with van der Waals surface area (Å²) in [6.07, 6.45) is 3.18. The highest BCUT2D eigenvalue weighted by molar-refractivity contribution is 7.09. The van der Waals surface area contributed by atoms with Crippen molar-refractivity contribution in [2.75, 3.05) is 13.7 Å². The predicted octanol–water partition coefficient (Wildman–Crippen LogP) is 4.64. The fraction of sp³-hybridized carbons (Fsp3) is 0.240. The number of aromatic nitrogens is 3. The van der Waals surface area contributed by atoms with E-state index in [0.29, 0.717) is 43.3 Å². The Morgan fingerprint density at radius 1 is 1.09 bits per heavy atom. The fourth-order valence-corrected chi connectivity index (χ4v) is 4.07. The molecule has 0 unspecified atom stereocenters. The van der Waals surface area contributed by atoms with E-state index in [0.717, 1.165) is 16.0 Å². The number of ether oxygens (including phenoxy) is 2. The average molecular weight is 463 g/mol. The molecule has 0 saturated heterocycles. The van der Waals surface area contributed by atoms with Gasteiger partial charge in [0.15, 0.2) is 11.5 Å². The fourth-order valence-electron chi connectivity index (χ4n) is 3.46. The van der Waals surface area contributed by atoms with Gasteiger partial charge in [0.1, 0.15) is 19.3 Å². The Morgan fingerprint density at radius 3 is 2.58 bits per heavy atom. The Bertz CT molecular complexity index is 1160. The van der Waals surface area contributed by atoms with E-state index in [-0.39, 0.29) is 5.91 Å². The van der Waals surface area contributed by atoms with E-state index in [1.54, 1.807) is 29.5 Å². The quantitative estimate of drug-likeness (QED) is 0.343. The van der Waals surface area contributed by atoms with Gasteiger partial charge in [0.2, 0.25) is 0 Å². The van der Waals surface area contributed by atoms with Crippen molar-refractivity contribution in [3.05, 3.63) is 94.2 Å². The second-order valence-electron chi connectivity index (χ2n) is 7.46. The van der Waals surface area contributed by atoms with E-state index >= 15 is 0 Å². The van der Waals surface area contributed by atoms with Crippen molar-refractivity contribution in [3.63, 3.8) is 0 Å². The number of carbonyl (C=O) groups is 1. The molecule has 0 atom stereocenters. The van der Waals surface area contributed by atoms with Gasteiger partial charge >= 0.3 is 0 Å². The van der Waals surface area contributed by atoms with Crippen LogP contribution in [0.3, 0.4) is 0 Å². The molecule has 0 bridgehead atoms. The highest BCUT2D eigenvalue weighted by Gasteiger charge is 2.16. The number of amides is 1. The van der Waals surface area contributed by atoms with Crippen LogP contribution >= 0.6 is 11.3 Å². The first-order chi connectivity index (χ1) is 16.2. The van der Waals surface area contributed by atoms with Crippen molar-refractivity contribution in [1.82, 2.24) is 19.7 Å². The van der Waals surface area contributed by atoms with Crippen LogP contribution in [0.1, 0.15) is 33.3 Å². The standard InChI is InChI=1S/C25H26N4O3S/c1-3-28(25(30)21-9-6-19(7-10-21)15-29-18-26-17-27-29)14-20-8-11-23(24(13-20)31-2)32-16-22-5-4-12-33-22/h4-13,17-18H,3,14-16H2,1-2H3.